The monoisotopic (exact) mass is 263 g/mol. The molecule has 1 fully saturated rings. The van der Waals surface area contributed by atoms with Crippen molar-refractivity contribution < 1.29 is 4.79 Å². The van der Waals surface area contributed by atoms with E-state index in [9.17, 15) is 4.79 Å². The van der Waals surface area contributed by atoms with Gasteiger partial charge >= 0.3 is 0 Å². The van der Waals surface area contributed by atoms with Gasteiger partial charge in [-0.05, 0) is 26.2 Å². The quantitative estimate of drug-likeness (QED) is 0.714. The van der Waals surface area contributed by atoms with Crippen LogP contribution in [-0.2, 0) is 11.2 Å². The molecule has 2 rings (SSSR count). The first-order chi connectivity index (χ1) is 9.11. The summed E-state index contributed by atoms with van der Waals surface area (Å²) < 4.78 is 0. The van der Waals surface area contributed by atoms with Gasteiger partial charge in [-0.25, -0.2) is 9.97 Å². The molecule has 1 heterocycles. The van der Waals surface area contributed by atoms with Crippen molar-refractivity contribution in [3.8, 4) is 0 Å². The number of nitrogens with zero attached hydrogens (tertiary/aromatic N) is 2. The molecule has 19 heavy (non-hydrogen) atoms. The topological polar surface area (TPSA) is 92.9 Å². The molecule has 1 saturated carbocycles. The number of nitrogens with two attached hydrogens (primary N) is 1. The number of anilines is 2. The maximum absolute atomic E-state index is 11.9. The van der Waals surface area contributed by atoms with Crippen molar-refractivity contribution in [2.75, 3.05) is 11.1 Å². The van der Waals surface area contributed by atoms with E-state index in [-0.39, 0.29) is 11.9 Å². The summed E-state index contributed by atoms with van der Waals surface area (Å²) in [4.78, 5) is 20.1. The van der Waals surface area contributed by atoms with E-state index in [1.54, 1.807) is 0 Å². The summed E-state index contributed by atoms with van der Waals surface area (Å²) in [6.07, 6.45) is 5.34. The van der Waals surface area contributed by atoms with Crippen LogP contribution in [0.15, 0.2) is 6.33 Å². The Morgan fingerprint density at radius 1 is 1.53 bits per heavy atom. The Bertz CT molecular complexity index is 458. The fourth-order valence-electron chi connectivity index (χ4n) is 1.87. The van der Waals surface area contributed by atoms with Crippen LogP contribution in [0.25, 0.3) is 0 Å². The molecule has 6 nitrogen and oxygen atoms in total. The van der Waals surface area contributed by atoms with Gasteiger partial charge in [0, 0.05) is 11.6 Å². The smallest absolute Gasteiger partial charge is 0.242 e. The molecule has 1 unspecified atom stereocenters. The highest BCUT2D eigenvalue weighted by atomic mass is 16.2. The van der Waals surface area contributed by atoms with Gasteiger partial charge in [-0.3, -0.25) is 4.79 Å². The Labute approximate surface area is 113 Å². The van der Waals surface area contributed by atoms with Crippen molar-refractivity contribution in [1.29, 1.82) is 0 Å². The second kappa shape index (κ2) is 5.86. The third kappa shape index (κ3) is 3.56. The van der Waals surface area contributed by atoms with Gasteiger partial charge in [0.1, 0.15) is 24.0 Å². The molecule has 0 bridgehead atoms. The predicted molar refractivity (Wildman–Crippen MR) is 74.7 cm³/mol. The van der Waals surface area contributed by atoms with Crippen molar-refractivity contribution in [3.05, 3.63) is 11.9 Å². The zero-order chi connectivity index (χ0) is 13.8. The summed E-state index contributed by atoms with van der Waals surface area (Å²) in [5.41, 5.74) is 6.74. The van der Waals surface area contributed by atoms with E-state index in [0.717, 1.165) is 31.2 Å². The Kier molecular flexibility index (Phi) is 4.19. The highest BCUT2D eigenvalue weighted by Crippen LogP contribution is 2.21. The molecule has 1 atom stereocenters. The molecular weight excluding hydrogens is 242 g/mol. The second-order valence-electron chi connectivity index (χ2n) is 4.98. The molecule has 1 aliphatic carbocycles. The number of carbonyl (C=O) groups is 1. The van der Waals surface area contributed by atoms with Crippen molar-refractivity contribution in [3.63, 3.8) is 0 Å². The third-order valence-electron chi connectivity index (χ3n) is 3.15. The summed E-state index contributed by atoms with van der Waals surface area (Å²) in [5, 5.41) is 6.09. The maximum atomic E-state index is 11.9. The standard InChI is InChI=1S/C13H21N5O/c1-3-4-10-11(14)15-7-16-12(10)17-8(2)13(19)18-9-5-6-9/h7-9H,3-6H2,1-2H3,(H,18,19)(H3,14,15,16,17). The van der Waals surface area contributed by atoms with E-state index in [1.165, 1.54) is 6.33 Å². The summed E-state index contributed by atoms with van der Waals surface area (Å²) in [7, 11) is 0. The van der Waals surface area contributed by atoms with Gasteiger partial charge in [0.15, 0.2) is 0 Å². The fourth-order valence-corrected chi connectivity index (χ4v) is 1.87. The highest BCUT2D eigenvalue weighted by molar-refractivity contribution is 5.84. The minimum absolute atomic E-state index is 0.00197. The van der Waals surface area contributed by atoms with E-state index in [0.29, 0.717) is 17.7 Å². The van der Waals surface area contributed by atoms with Crippen LogP contribution in [0.2, 0.25) is 0 Å². The molecular formula is C13H21N5O. The third-order valence-corrected chi connectivity index (χ3v) is 3.15. The molecule has 1 amide bonds. The van der Waals surface area contributed by atoms with Crippen LogP contribution in [-0.4, -0.2) is 28.0 Å². The number of hydrogen-bond donors (Lipinski definition) is 3. The van der Waals surface area contributed by atoms with Crippen LogP contribution in [0.1, 0.15) is 38.7 Å². The number of carbonyl (C=O) groups excluding carboxylic acids is 1. The number of hydrogen-bond acceptors (Lipinski definition) is 5. The number of nitrogens with one attached hydrogen (secondary N) is 2. The molecule has 0 aromatic carbocycles. The largest absolute Gasteiger partial charge is 0.383 e. The van der Waals surface area contributed by atoms with Gasteiger partial charge in [-0.1, -0.05) is 13.3 Å². The number of amides is 1. The van der Waals surface area contributed by atoms with E-state index >= 15 is 0 Å². The van der Waals surface area contributed by atoms with E-state index in [4.69, 9.17) is 5.73 Å². The summed E-state index contributed by atoms with van der Waals surface area (Å²) >= 11 is 0. The van der Waals surface area contributed by atoms with Crippen LogP contribution < -0.4 is 16.4 Å². The average molecular weight is 263 g/mol. The molecule has 104 valence electrons. The lowest BCUT2D eigenvalue weighted by atomic mass is 10.1. The fraction of sp³-hybridized carbons (Fsp3) is 0.615. The summed E-state index contributed by atoms with van der Waals surface area (Å²) in [6.45, 7) is 3.89. The predicted octanol–water partition coefficient (Wildman–Crippen LogP) is 1.09. The number of aromatic nitrogens is 2. The second-order valence-corrected chi connectivity index (χ2v) is 4.98. The first-order valence-corrected chi connectivity index (χ1v) is 6.78. The summed E-state index contributed by atoms with van der Waals surface area (Å²) in [6, 6.07) is 0.0350. The van der Waals surface area contributed by atoms with Crippen LogP contribution in [0.4, 0.5) is 11.6 Å². The first kappa shape index (κ1) is 13.6. The molecule has 4 N–H and O–H groups in total. The number of nitrogen functional groups attached to an aromatic ring is 1. The van der Waals surface area contributed by atoms with Crippen LogP contribution in [0.5, 0.6) is 0 Å². The molecule has 0 radical (unpaired) electrons. The Hall–Kier alpha value is -1.85. The van der Waals surface area contributed by atoms with Crippen LogP contribution >= 0.6 is 0 Å². The lowest BCUT2D eigenvalue weighted by Crippen LogP contribution is -2.39. The van der Waals surface area contributed by atoms with E-state index < -0.39 is 0 Å². The van der Waals surface area contributed by atoms with Crippen molar-refractivity contribution in [1.82, 2.24) is 15.3 Å². The molecule has 1 aromatic heterocycles. The van der Waals surface area contributed by atoms with Gasteiger partial charge in [0.2, 0.25) is 5.91 Å². The van der Waals surface area contributed by atoms with Gasteiger partial charge in [-0.2, -0.15) is 0 Å². The highest BCUT2D eigenvalue weighted by Gasteiger charge is 2.26. The maximum Gasteiger partial charge on any atom is 0.242 e. The minimum Gasteiger partial charge on any atom is -0.383 e. The normalized spacial score (nSPS) is 15.9. The van der Waals surface area contributed by atoms with Crippen molar-refractivity contribution >= 4 is 17.5 Å². The average Bonchev–Trinajstić information content (AvgIpc) is 3.17. The molecule has 6 heteroatoms. The minimum atomic E-state index is -0.328. The molecule has 0 spiro atoms. The SMILES string of the molecule is CCCc1c(N)ncnc1NC(C)C(=O)NC1CC1. The molecule has 0 saturated heterocycles. The summed E-state index contributed by atoms with van der Waals surface area (Å²) in [5.74, 6) is 1.14. The zero-order valence-electron chi connectivity index (χ0n) is 11.4. The Morgan fingerprint density at radius 3 is 2.89 bits per heavy atom. The van der Waals surface area contributed by atoms with Crippen LogP contribution in [0, 0.1) is 0 Å². The lowest BCUT2D eigenvalue weighted by Gasteiger charge is -2.17. The molecule has 1 aromatic rings. The van der Waals surface area contributed by atoms with Gasteiger partial charge in [-0.15, -0.1) is 0 Å². The first-order valence-electron chi connectivity index (χ1n) is 6.78. The molecule has 0 aliphatic heterocycles. The van der Waals surface area contributed by atoms with E-state index in [1.807, 2.05) is 6.92 Å². The van der Waals surface area contributed by atoms with Gasteiger partial charge in [0.05, 0.1) is 0 Å². The van der Waals surface area contributed by atoms with Gasteiger partial charge in [0.25, 0.3) is 0 Å². The van der Waals surface area contributed by atoms with Crippen molar-refractivity contribution in [2.45, 2.75) is 51.6 Å². The number of rotatable bonds is 6. The van der Waals surface area contributed by atoms with Gasteiger partial charge < -0.3 is 16.4 Å². The zero-order valence-corrected chi connectivity index (χ0v) is 11.4. The Morgan fingerprint density at radius 2 is 2.26 bits per heavy atom. The van der Waals surface area contributed by atoms with E-state index in [2.05, 4.69) is 27.5 Å². The Balaban J connectivity index is 2.04. The lowest BCUT2D eigenvalue weighted by molar-refractivity contribution is -0.121. The van der Waals surface area contributed by atoms with Crippen LogP contribution in [0.3, 0.4) is 0 Å². The molecule has 1 aliphatic rings. The van der Waals surface area contributed by atoms with Crippen molar-refractivity contribution in [2.24, 2.45) is 0 Å².